The molecule has 0 atom stereocenters. The molecule has 0 spiro atoms. The molecule has 1 heterocycles. The first-order valence-electron chi connectivity index (χ1n) is 10.2. The highest BCUT2D eigenvalue weighted by Crippen LogP contribution is 2.31. The number of nitrogens with one attached hydrogen (secondary N) is 1. The lowest BCUT2D eigenvalue weighted by Crippen LogP contribution is -1.81. The molecule has 118 valence electrons. The Morgan fingerprint density at radius 1 is 0.560 bits per heavy atom. The van der Waals surface area contributed by atoms with Crippen LogP contribution in [0.1, 0.15) is 5.48 Å². The summed E-state index contributed by atoms with van der Waals surface area (Å²) in [5.41, 5.74) is 5.59. The maximum atomic E-state index is 8.34. The molecule has 25 heavy (non-hydrogen) atoms. The van der Waals surface area contributed by atoms with E-state index >= 15 is 0 Å². The molecule has 0 bridgehead atoms. The number of benzene rings is 4. The van der Waals surface area contributed by atoms with Crippen LogP contribution in [0.3, 0.4) is 0 Å². The number of fused-ring (bicyclic) bond motifs is 3. The summed E-state index contributed by atoms with van der Waals surface area (Å²) in [5, 5.41) is 1.33. The van der Waals surface area contributed by atoms with Gasteiger partial charge in [0.2, 0.25) is 0 Å². The van der Waals surface area contributed by atoms with E-state index in [4.69, 9.17) is 5.48 Å². The van der Waals surface area contributed by atoms with Crippen molar-refractivity contribution in [2.45, 2.75) is 0 Å². The van der Waals surface area contributed by atoms with Gasteiger partial charge >= 0.3 is 0 Å². The molecule has 5 rings (SSSR count). The molecule has 0 saturated heterocycles. The van der Waals surface area contributed by atoms with E-state index in [2.05, 4.69) is 35.3 Å². The van der Waals surface area contributed by atoms with Crippen molar-refractivity contribution in [3.05, 3.63) is 97.0 Å². The summed E-state index contributed by atoms with van der Waals surface area (Å²) in [4.78, 5) is 3.16. The molecule has 0 saturated carbocycles. The van der Waals surface area contributed by atoms with Crippen LogP contribution in [0.15, 0.2) is 97.0 Å². The molecular formula is C24H17N. The number of para-hydroxylation sites is 1. The van der Waals surface area contributed by atoms with E-state index < -0.39 is 0 Å². The first-order valence-corrected chi connectivity index (χ1v) is 8.22. The van der Waals surface area contributed by atoms with Crippen LogP contribution >= 0.6 is 0 Å². The Balaban J connectivity index is 1.73. The minimum absolute atomic E-state index is 0.0116. The molecule has 0 fully saturated rings. The zero-order valence-corrected chi connectivity index (χ0v) is 13.4. The minimum Gasteiger partial charge on any atom is -0.355 e. The SMILES string of the molecule is [2H]c1c([2H])c([2H])c2c([nH]c3ccc(-c4cccc(-c5ccccc5)c4)cc32)c1[2H]. The van der Waals surface area contributed by atoms with Crippen molar-refractivity contribution < 1.29 is 5.48 Å². The smallest absolute Gasteiger partial charge is 0.0645 e. The molecule has 1 heteroatoms. The van der Waals surface area contributed by atoms with Crippen LogP contribution in [-0.4, -0.2) is 4.98 Å². The normalized spacial score (nSPS) is 13.4. The standard InChI is InChI=1S/C24H17N/c1-2-7-17(8-3-1)18-9-6-10-19(15-18)20-13-14-24-22(16-20)21-11-4-5-12-23(21)25-24/h1-16,25H/i4D,5D,11D,12D. The van der Waals surface area contributed by atoms with Gasteiger partial charge in [0.05, 0.1) is 5.48 Å². The predicted octanol–water partition coefficient (Wildman–Crippen LogP) is 6.66. The monoisotopic (exact) mass is 323 g/mol. The molecule has 4 aromatic carbocycles. The Morgan fingerprint density at radius 3 is 2.16 bits per heavy atom. The summed E-state index contributed by atoms with van der Waals surface area (Å²) >= 11 is 0. The van der Waals surface area contributed by atoms with Gasteiger partial charge in [-0.25, -0.2) is 0 Å². The first-order chi connectivity index (χ1) is 14.0. The summed E-state index contributed by atoms with van der Waals surface area (Å²) in [6.45, 7) is 0. The van der Waals surface area contributed by atoms with Crippen molar-refractivity contribution in [3.8, 4) is 22.3 Å². The highest BCUT2D eigenvalue weighted by molar-refractivity contribution is 6.08. The molecule has 0 amide bonds. The second-order valence-corrected chi connectivity index (χ2v) is 6.08. The number of aromatic nitrogens is 1. The molecule has 0 aliphatic heterocycles. The largest absolute Gasteiger partial charge is 0.355 e. The number of aromatic amines is 1. The van der Waals surface area contributed by atoms with E-state index in [-0.39, 0.29) is 24.2 Å². The van der Waals surface area contributed by atoms with E-state index in [1.807, 2.05) is 42.5 Å². The fourth-order valence-electron chi connectivity index (χ4n) is 3.29. The average Bonchev–Trinajstić information content (AvgIpc) is 3.16. The predicted molar refractivity (Wildman–Crippen MR) is 107 cm³/mol. The lowest BCUT2D eigenvalue weighted by Gasteiger charge is -2.06. The second-order valence-electron chi connectivity index (χ2n) is 6.08. The first kappa shape index (κ1) is 10.5. The zero-order valence-electron chi connectivity index (χ0n) is 17.4. The summed E-state index contributed by atoms with van der Waals surface area (Å²) < 4.78 is 32.4. The molecule has 5 aromatic rings. The van der Waals surface area contributed by atoms with Gasteiger partial charge in [-0.2, -0.15) is 0 Å². The molecular weight excluding hydrogens is 302 g/mol. The van der Waals surface area contributed by atoms with Crippen molar-refractivity contribution in [1.29, 1.82) is 0 Å². The van der Waals surface area contributed by atoms with Crippen LogP contribution in [-0.2, 0) is 0 Å². The van der Waals surface area contributed by atoms with E-state index in [1.54, 1.807) is 0 Å². The highest BCUT2D eigenvalue weighted by atomic mass is 14.7. The van der Waals surface area contributed by atoms with Gasteiger partial charge in [0.1, 0.15) is 0 Å². The van der Waals surface area contributed by atoms with Crippen LogP contribution in [0.5, 0.6) is 0 Å². The molecule has 0 aliphatic rings. The Kier molecular flexibility index (Phi) is 2.38. The third-order valence-electron chi connectivity index (χ3n) is 4.54. The van der Waals surface area contributed by atoms with E-state index in [1.165, 1.54) is 0 Å². The van der Waals surface area contributed by atoms with Crippen molar-refractivity contribution in [1.82, 2.24) is 4.98 Å². The summed E-state index contributed by atoms with van der Waals surface area (Å²) in [5.74, 6) is 0. The van der Waals surface area contributed by atoms with E-state index in [9.17, 15) is 0 Å². The van der Waals surface area contributed by atoms with Gasteiger partial charge in [-0.15, -0.1) is 0 Å². The van der Waals surface area contributed by atoms with Crippen molar-refractivity contribution in [2.24, 2.45) is 0 Å². The van der Waals surface area contributed by atoms with Crippen LogP contribution in [0, 0.1) is 0 Å². The van der Waals surface area contributed by atoms with Gasteiger partial charge in [0, 0.05) is 21.8 Å². The van der Waals surface area contributed by atoms with Crippen molar-refractivity contribution in [3.63, 3.8) is 0 Å². The summed E-state index contributed by atoms with van der Waals surface area (Å²) in [6, 6.07) is 24.0. The fourth-order valence-corrected chi connectivity index (χ4v) is 3.29. The number of H-pyrrole nitrogens is 1. The molecule has 1 nitrogen and oxygen atoms in total. The molecule has 0 aliphatic carbocycles. The number of hydrogen-bond acceptors (Lipinski definition) is 0. The summed E-state index contributed by atoms with van der Waals surface area (Å²) in [6.07, 6.45) is 0. The topological polar surface area (TPSA) is 15.8 Å². The van der Waals surface area contributed by atoms with Gasteiger partial charge < -0.3 is 4.98 Å². The van der Waals surface area contributed by atoms with Gasteiger partial charge in [-0.05, 0) is 46.5 Å². The Morgan fingerprint density at radius 2 is 1.28 bits per heavy atom. The third kappa shape index (κ3) is 2.41. The molecule has 0 unspecified atom stereocenters. The maximum absolute atomic E-state index is 8.34. The van der Waals surface area contributed by atoms with Gasteiger partial charge in [-0.3, -0.25) is 0 Å². The van der Waals surface area contributed by atoms with Gasteiger partial charge in [0.25, 0.3) is 0 Å². The van der Waals surface area contributed by atoms with Crippen LogP contribution in [0.25, 0.3) is 44.1 Å². The fraction of sp³-hybridized carbons (Fsp3) is 0. The molecule has 0 radical (unpaired) electrons. The Labute approximate surface area is 152 Å². The lowest BCUT2D eigenvalue weighted by atomic mass is 9.98. The van der Waals surface area contributed by atoms with Crippen molar-refractivity contribution in [2.75, 3.05) is 0 Å². The lowest BCUT2D eigenvalue weighted by molar-refractivity contribution is 1.54. The van der Waals surface area contributed by atoms with E-state index in [0.29, 0.717) is 10.9 Å². The highest BCUT2D eigenvalue weighted by Gasteiger charge is 2.06. The van der Waals surface area contributed by atoms with Crippen LogP contribution in [0.2, 0.25) is 0 Å². The summed E-state index contributed by atoms with van der Waals surface area (Å²) in [7, 11) is 0. The minimum atomic E-state index is -0.218. The van der Waals surface area contributed by atoms with Crippen LogP contribution < -0.4 is 0 Å². The quantitative estimate of drug-likeness (QED) is 0.374. The Hall–Kier alpha value is -3.32. The van der Waals surface area contributed by atoms with E-state index in [0.717, 1.165) is 33.2 Å². The average molecular weight is 323 g/mol. The number of hydrogen-bond donors (Lipinski definition) is 1. The molecule has 1 aromatic heterocycles. The van der Waals surface area contributed by atoms with Gasteiger partial charge in [0.15, 0.2) is 0 Å². The Bertz CT molecular complexity index is 1390. The number of rotatable bonds is 2. The second kappa shape index (κ2) is 5.64. The zero-order chi connectivity index (χ0) is 20.1. The van der Waals surface area contributed by atoms with Gasteiger partial charge in [-0.1, -0.05) is 72.7 Å². The molecule has 1 N–H and O–H groups in total. The van der Waals surface area contributed by atoms with Crippen molar-refractivity contribution >= 4 is 21.8 Å². The third-order valence-corrected chi connectivity index (χ3v) is 4.54. The van der Waals surface area contributed by atoms with Crippen LogP contribution in [0.4, 0.5) is 0 Å². The maximum Gasteiger partial charge on any atom is 0.0645 e.